The number of carbonyl (C=O) groups is 1. The van der Waals surface area contributed by atoms with Gasteiger partial charge in [-0.15, -0.1) is 0 Å². The van der Waals surface area contributed by atoms with E-state index in [1.807, 2.05) is 17.0 Å². The van der Waals surface area contributed by atoms with Crippen molar-refractivity contribution in [1.29, 1.82) is 0 Å². The molecule has 110 valence electrons. The Morgan fingerprint density at radius 3 is 2.90 bits per heavy atom. The number of rotatable bonds is 6. The van der Waals surface area contributed by atoms with Crippen LogP contribution in [0.5, 0.6) is 0 Å². The summed E-state index contributed by atoms with van der Waals surface area (Å²) >= 11 is 0. The first-order valence-electron chi connectivity index (χ1n) is 7.20. The number of nitrogens with zero attached hydrogens (tertiary/aromatic N) is 1. The zero-order valence-corrected chi connectivity index (χ0v) is 12.2. The van der Waals surface area contributed by atoms with Crippen molar-refractivity contribution < 1.29 is 14.6 Å². The summed E-state index contributed by atoms with van der Waals surface area (Å²) in [4.78, 5) is 13.0. The fraction of sp³-hybridized carbons (Fsp3) is 0.562. The molecule has 1 aromatic carbocycles. The van der Waals surface area contributed by atoms with Gasteiger partial charge in [0, 0.05) is 13.1 Å². The number of ether oxygens (including phenoxy) is 1. The minimum atomic E-state index is -0.783. The van der Waals surface area contributed by atoms with Gasteiger partial charge in [-0.3, -0.25) is 9.69 Å². The maximum absolute atomic E-state index is 11.0. The van der Waals surface area contributed by atoms with Crippen molar-refractivity contribution in [2.75, 3.05) is 26.2 Å². The van der Waals surface area contributed by atoms with Crippen LogP contribution in [0.3, 0.4) is 0 Å². The molecular formula is C16H23NO3. The van der Waals surface area contributed by atoms with Gasteiger partial charge in [-0.25, -0.2) is 0 Å². The van der Waals surface area contributed by atoms with Crippen LogP contribution in [-0.2, 0) is 16.0 Å². The molecular weight excluding hydrogens is 254 g/mol. The molecule has 2 rings (SSSR count). The quantitative estimate of drug-likeness (QED) is 0.867. The normalized spacial score (nSPS) is 18.3. The van der Waals surface area contributed by atoms with Gasteiger partial charge in [-0.2, -0.15) is 0 Å². The standard InChI is InChI=1S/C16H23NO3/c1-12(2)9-17(11-16(18)19)10-15-14-6-4-3-5-13(14)7-8-20-15/h3-6,12,15H,7-11H2,1-2H3,(H,18,19). The van der Waals surface area contributed by atoms with Gasteiger partial charge in [-0.1, -0.05) is 38.1 Å². The van der Waals surface area contributed by atoms with E-state index in [2.05, 4.69) is 26.0 Å². The SMILES string of the molecule is CC(C)CN(CC(=O)O)CC1OCCc2ccccc21. The number of hydrogen-bond acceptors (Lipinski definition) is 3. The summed E-state index contributed by atoms with van der Waals surface area (Å²) in [5.74, 6) is -0.345. The second-order valence-corrected chi connectivity index (χ2v) is 5.79. The summed E-state index contributed by atoms with van der Waals surface area (Å²) < 4.78 is 5.86. The van der Waals surface area contributed by atoms with Crippen LogP contribution in [0.1, 0.15) is 31.1 Å². The Labute approximate surface area is 120 Å². The van der Waals surface area contributed by atoms with Crippen LogP contribution < -0.4 is 0 Å². The number of fused-ring (bicyclic) bond motifs is 1. The van der Waals surface area contributed by atoms with E-state index in [1.165, 1.54) is 11.1 Å². The highest BCUT2D eigenvalue weighted by Gasteiger charge is 2.24. The Hall–Kier alpha value is -1.39. The van der Waals surface area contributed by atoms with Crippen LogP contribution in [0.15, 0.2) is 24.3 Å². The van der Waals surface area contributed by atoms with Crippen molar-refractivity contribution >= 4 is 5.97 Å². The largest absolute Gasteiger partial charge is 0.480 e. The van der Waals surface area contributed by atoms with E-state index in [9.17, 15) is 4.79 Å². The first-order chi connectivity index (χ1) is 9.56. The lowest BCUT2D eigenvalue weighted by Gasteiger charge is -2.31. The average molecular weight is 277 g/mol. The van der Waals surface area contributed by atoms with Gasteiger partial charge in [0.25, 0.3) is 0 Å². The second kappa shape index (κ2) is 6.86. The molecule has 1 aliphatic heterocycles. The summed E-state index contributed by atoms with van der Waals surface area (Å²) in [5, 5.41) is 9.04. The molecule has 1 N–H and O–H groups in total. The number of aliphatic carboxylic acids is 1. The highest BCUT2D eigenvalue weighted by molar-refractivity contribution is 5.69. The third-order valence-electron chi connectivity index (χ3n) is 3.50. The Morgan fingerprint density at radius 2 is 2.20 bits per heavy atom. The predicted octanol–water partition coefficient (Wildman–Crippen LogP) is 2.34. The molecule has 1 unspecified atom stereocenters. The van der Waals surface area contributed by atoms with Gasteiger partial charge < -0.3 is 9.84 Å². The van der Waals surface area contributed by atoms with Crippen LogP contribution in [0.25, 0.3) is 0 Å². The van der Waals surface area contributed by atoms with E-state index in [-0.39, 0.29) is 12.6 Å². The fourth-order valence-corrected chi connectivity index (χ4v) is 2.77. The number of hydrogen-bond donors (Lipinski definition) is 1. The maximum Gasteiger partial charge on any atom is 0.317 e. The second-order valence-electron chi connectivity index (χ2n) is 5.79. The van der Waals surface area contributed by atoms with E-state index in [1.54, 1.807) is 0 Å². The van der Waals surface area contributed by atoms with E-state index < -0.39 is 5.97 Å². The van der Waals surface area contributed by atoms with Gasteiger partial charge in [0.05, 0.1) is 19.3 Å². The predicted molar refractivity (Wildman–Crippen MR) is 77.8 cm³/mol. The van der Waals surface area contributed by atoms with Crippen LogP contribution >= 0.6 is 0 Å². The Kier molecular flexibility index (Phi) is 5.15. The molecule has 0 fully saturated rings. The maximum atomic E-state index is 11.0. The van der Waals surface area contributed by atoms with Gasteiger partial charge in [0.2, 0.25) is 0 Å². The Balaban J connectivity index is 2.08. The summed E-state index contributed by atoms with van der Waals surface area (Å²) in [5.41, 5.74) is 2.53. The van der Waals surface area contributed by atoms with Gasteiger partial charge >= 0.3 is 5.97 Å². The van der Waals surface area contributed by atoms with Crippen molar-refractivity contribution in [2.45, 2.75) is 26.4 Å². The number of benzene rings is 1. The van der Waals surface area contributed by atoms with Crippen LogP contribution in [0, 0.1) is 5.92 Å². The molecule has 0 bridgehead atoms. The lowest BCUT2D eigenvalue weighted by Crippen LogP contribution is -2.38. The molecule has 0 radical (unpaired) electrons. The smallest absolute Gasteiger partial charge is 0.317 e. The molecule has 0 saturated heterocycles. The lowest BCUT2D eigenvalue weighted by atomic mass is 9.97. The highest BCUT2D eigenvalue weighted by Crippen LogP contribution is 2.27. The van der Waals surface area contributed by atoms with E-state index in [0.717, 1.165) is 13.0 Å². The number of carboxylic acids is 1. The first-order valence-corrected chi connectivity index (χ1v) is 7.20. The highest BCUT2D eigenvalue weighted by atomic mass is 16.5. The molecule has 0 aliphatic carbocycles. The molecule has 4 nitrogen and oxygen atoms in total. The molecule has 1 aromatic rings. The van der Waals surface area contributed by atoms with E-state index >= 15 is 0 Å². The van der Waals surface area contributed by atoms with Crippen LogP contribution in [-0.4, -0.2) is 42.2 Å². The zero-order valence-electron chi connectivity index (χ0n) is 12.2. The van der Waals surface area contributed by atoms with Crippen molar-refractivity contribution in [2.24, 2.45) is 5.92 Å². The minimum Gasteiger partial charge on any atom is -0.480 e. The monoisotopic (exact) mass is 277 g/mol. The fourth-order valence-electron chi connectivity index (χ4n) is 2.77. The summed E-state index contributed by atoms with van der Waals surface area (Å²) in [6, 6.07) is 8.29. The zero-order chi connectivity index (χ0) is 14.5. The van der Waals surface area contributed by atoms with Crippen molar-refractivity contribution in [3.8, 4) is 0 Å². The molecule has 0 saturated carbocycles. The van der Waals surface area contributed by atoms with Crippen LogP contribution in [0.2, 0.25) is 0 Å². The first kappa shape index (κ1) is 15.0. The van der Waals surface area contributed by atoms with Crippen molar-refractivity contribution in [3.63, 3.8) is 0 Å². The average Bonchev–Trinajstić information content (AvgIpc) is 2.37. The molecule has 1 aliphatic rings. The Bertz CT molecular complexity index is 459. The lowest BCUT2D eigenvalue weighted by molar-refractivity contribution is -0.139. The summed E-state index contributed by atoms with van der Waals surface area (Å²) in [6.07, 6.45) is 0.925. The van der Waals surface area contributed by atoms with E-state index in [4.69, 9.17) is 9.84 Å². The third-order valence-corrected chi connectivity index (χ3v) is 3.50. The molecule has 4 heteroatoms. The van der Waals surface area contributed by atoms with Crippen LogP contribution in [0.4, 0.5) is 0 Å². The number of carboxylic acid groups (broad SMARTS) is 1. The van der Waals surface area contributed by atoms with Gasteiger partial charge in [-0.05, 0) is 23.5 Å². The van der Waals surface area contributed by atoms with E-state index in [0.29, 0.717) is 19.1 Å². The molecule has 20 heavy (non-hydrogen) atoms. The van der Waals surface area contributed by atoms with Gasteiger partial charge in [0.15, 0.2) is 0 Å². The molecule has 1 atom stereocenters. The molecule has 0 spiro atoms. The minimum absolute atomic E-state index is 0.0157. The molecule has 0 amide bonds. The summed E-state index contributed by atoms with van der Waals surface area (Å²) in [7, 11) is 0. The topological polar surface area (TPSA) is 49.8 Å². The van der Waals surface area contributed by atoms with Gasteiger partial charge in [0.1, 0.15) is 0 Å². The van der Waals surface area contributed by atoms with Crippen molar-refractivity contribution in [1.82, 2.24) is 4.90 Å². The molecule has 1 heterocycles. The molecule has 0 aromatic heterocycles. The summed E-state index contributed by atoms with van der Waals surface area (Å²) in [6.45, 7) is 6.40. The Morgan fingerprint density at radius 1 is 1.45 bits per heavy atom. The van der Waals surface area contributed by atoms with Crippen molar-refractivity contribution in [3.05, 3.63) is 35.4 Å². The third kappa shape index (κ3) is 4.05.